The normalized spacial score (nSPS) is 14.4. The number of esters is 3. The largest absolute Gasteiger partial charge is 1.00 e. The molecule has 0 aliphatic carbocycles. The number of rotatable bonds is 24. The summed E-state index contributed by atoms with van der Waals surface area (Å²) in [4.78, 5) is 37.3. The Morgan fingerprint density at radius 1 is 0.424 bits per heavy atom. The minimum absolute atomic E-state index is 0. The van der Waals surface area contributed by atoms with Crippen molar-refractivity contribution in [2.45, 2.75) is 71.7 Å². The molecular weight excluding hydrogens is 934 g/mol. The first-order valence-corrected chi connectivity index (χ1v) is 15.6. The Balaban J connectivity index is 0. The number of carbonyl (C=O) groups is 3. The quantitative estimate of drug-likeness (QED) is 0.0347. The first-order valence-electron chi connectivity index (χ1n) is 14.2. The SMILES string of the molecule is O=C(CC(CC(=O)OCCOCC(F)(F)C(F)(F)C(F)(F)F)(C(=O)OCCOCC(F)(F)C(F)(F)C(F)(F)F)S(=O)(=O)[O-])OCCOCC(F)(F)C(F)(F)C(F)(F)F.[Na+]. The van der Waals surface area contributed by atoms with E-state index >= 15 is 0 Å². The van der Waals surface area contributed by atoms with E-state index in [2.05, 4.69) is 28.4 Å². The molecule has 0 aromatic rings. The summed E-state index contributed by atoms with van der Waals surface area (Å²) in [6.07, 6.45) is -25.1. The smallest absolute Gasteiger partial charge is 0.747 e. The summed E-state index contributed by atoms with van der Waals surface area (Å²) in [5, 5.41) is 0. The predicted octanol–water partition coefficient (Wildman–Crippen LogP) is 2.23. The maximum atomic E-state index is 13.4. The number of carbonyl (C=O) groups excluding carboxylic acids is 3. The van der Waals surface area contributed by atoms with Crippen molar-refractivity contribution in [3.05, 3.63) is 0 Å². The van der Waals surface area contributed by atoms with Crippen molar-refractivity contribution in [2.24, 2.45) is 0 Å². The molecule has 0 aliphatic rings. The molecule has 0 unspecified atom stereocenters. The number of ether oxygens (including phenoxy) is 6. The van der Waals surface area contributed by atoms with Gasteiger partial charge in [-0.25, -0.2) is 8.42 Å². The zero-order valence-electron chi connectivity index (χ0n) is 28.5. The number of hydrogen-bond donors (Lipinski definition) is 0. The van der Waals surface area contributed by atoms with Gasteiger partial charge in [-0.05, 0) is 0 Å². The first-order chi connectivity index (χ1) is 25.6. The third-order valence-electron chi connectivity index (χ3n) is 6.45. The van der Waals surface area contributed by atoms with Gasteiger partial charge in [-0.1, -0.05) is 0 Å². The second kappa shape index (κ2) is 20.7. The van der Waals surface area contributed by atoms with Crippen molar-refractivity contribution in [3.63, 3.8) is 0 Å². The second-order valence-electron chi connectivity index (χ2n) is 10.9. The molecule has 0 rings (SSSR count). The van der Waals surface area contributed by atoms with Gasteiger partial charge < -0.3 is 33.0 Å². The molecule has 0 radical (unpaired) electrons. The molecule has 344 valence electrons. The van der Waals surface area contributed by atoms with Crippen molar-refractivity contribution < 1.29 is 178 Å². The second-order valence-corrected chi connectivity index (χ2v) is 12.6. The molecule has 0 atom stereocenters. The van der Waals surface area contributed by atoms with E-state index in [1.54, 1.807) is 0 Å². The molecule has 0 saturated carbocycles. The van der Waals surface area contributed by atoms with E-state index in [1.165, 1.54) is 0 Å². The summed E-state index contributed by atoms with van der Waals surface area (Å²) in [7, 11) is -6.64. The van der Waals surface area contributed by atoms with E-state index in [9.17, 15) is 120 Å². The third kappa shape index (κ3) is 15.0. The molecule has 12 nitrogen and oxygen atoms in total. The van der Waals surface area contributed by atoms with Crippen LogP contribution in [0.3, 0.4) is 0 Å². The summed E-state index contributed by atoms with van der Waals surface area (Å²) in [6.45, 7) is -17.9. The average molecular weight is 956 g/mol. The molecule has 0 aliphatic heterocycles. The van der Waals surface area contributed by atoms with Crippen LogP contribution < -0.4 is 29.6 Å². The Labute approximate surface area is 336 Å². The molecule has 0 saturated heterocycles. The summed E-state index contributed by atoms with van der Waals surface area (Å²) < 4.78 is 323. The minimum Gasteiger partial charge on any atom is -0.747 e. The van der Waals surface area contributed by atoms with Crippen LogP contribution in [0, 0.1) is 0 Å². The molecule has 0 heterocycles. The Bertz CT molecular complexity index is 1440. The first kappa shape index (κ1) is 58.8. The maximum absolute atomic E-state index is 13.4. The van der Waals surface area contributed by atoms with Gasteiger partial charge in [-0.2, -0.15) is 92.2 Å². The van der Waals surface area contributed by atoms with E-state index in [-0.39, 0.29) is 29.6 Å². The fourth-order valence-electron chi connectivity index (χ4n) is 3.30. The van der Waals surface area contributed by atoms with Crippen LogP contribution in [0.15, 0.2) is 0 Å². The number of halogens is 21. The van der Waals surface area contributed by atoms with Gasteiger partial charge in [0.25, 0.3) is 0 Å². The maximum Gasteiger partial charge on any atom is 1.00 e. The minimum atomic E-state index is -6.85. The molecule has 0 amide bonds. The van der Waals surface area contributed by atoms with Crippen molar-refractivity contribution in [2.75, 3.05) is 59.5 Å². The summed E-state index contributed by atoms with van der Waals surface area (Å²) in [5.74, 6) is -45.2. The van der Waals surface area contributed by atoms with Crippen molar-refractivity contribution in [3.8, 4) is 0 Å². The summed E-state index contributed by atoms with van der Waals surface area (Å²) in [5.41, 5.74) is 0. The fourth-order valence-corrected chi connectivity index (χ4v) is 4.16. The van der Waals surface area contributed by atoms with E-state index in [0.29, 0.717) is 0 Å². The van der Waals surface area contributed by atoms with Crippen molar-refractivity contribution in [1.29, 1.82) is 0 Å². The van der Waals surface area contributed by atoms with Crippen LogP contribution in [0.5, 0.6) is 0 Å². The topological polar surface area (TPSA) is 164 Å². The molecule has 59 heavy (non-hydrogen) atoms. The molecule has 0 spiro atoms. The molecule has 0 bridgehead atoms. The average Bonchev–Trinajstić information content (AvgIpc) is 3.01. The van der Waals surface area contributed by atoms with Crippen LogP contribution in [-0.2, 0) is 52.9 Å². The number of alkyl halides is 21. The van der Waals surface area contributed by atoms with Gasteiger partial charge in [-0.15, -0.1) is 0 Å². The molecule has 35 heteroatoms. The molecule has 0 fully saturated rings. The third-order valence-corrected chi connectivity index (χ3v) is 7.86. The van der Waals surface area contributed by atoms with Gasteiger partial charge in [0.2, 0.25) is 0 Å². The predicted molar refractivity (Wildman–Crippen MR) is 135 cm³/mol. The monoisotopic (exact) mass is 956 g/mol. The van der Waals surface area contributed by atoms with Crippen LogP contribution in [0.2, 0.25) is 0 Å². The molecule has 0 aromatic heterocycles. The van der Waals surface area contributed by atoms with Gasteiger partial charge in [0, 0.05) is 0 Å². The zero-order chi connectivity index (χ0) is 46.3. The Morgan fingerprint density at radius 3 is 0.881 bits per heavy atom. The van der Waals surface area contributed by atoms with E-state index in [1.807, 2.05) is 0 Å². The summed E-state index contributed by atoms with van der Waals surface area (Å²) in [6, 6.07) is 0. The molecular formula is C24H22F21NaO12S. The van der Waals surface area contributed by atoms with Gasteiger partial charge >= 0.3 is 102 Å². The standard InChI is InChI=1S/C24H23F21O12S.Na/c25-16(26,19(31,32)22(37,38)39)9-52-1-4-55-12(46)7-15(58(49,50)51,14(48)57-6-3-54-11-18(29,30)21(35,36)24(43,44)45)8-13(47)56-5-2-53-10-17(27,28)20(33,34)23(40,41)42;/h1-11H2,(H,49,50,51);/q;+1/p-1. The van der Waals surface area contributed by atoms with Crippen LogP contribution in [0.4, 0.5) is 92.2 Å². The van der Waals surface area contributed by atoms with Gasteiger partial charge in [0.05, 0.1) is 32.7 Å². The van der Waals surface area contributed by atoms with E-state index in [0.717, 1.165) is 0 Å². The van der Waals surface area contributed by atoms with Gasteiger partial charge in [0.15, 0.2) is 4.75 Å². The van der Waals surface area contributed by atoms with E-state index in [4.69, 9.17) is 0 Å². The number of hydrogen-bond acceptors (Lipinski definition) is 12. The van der Waals surface area contributed by atoms with Gasteiger partial charge in [0.1, 0.15) is 49.8 Å². The fraction of sp³-hybridized carbons (Fsp3) is 0.875. The van der Waals surface area contributed by atoms with Crippen molar-refractivity contribution in [1.82, 2.24) is 0 Å². The van der Waals surface area contributed by atoms with Crippen molar-refractivity contribution >= 4 is 28.0 Å². The van der Waals surface area contributed by atoms with Crippen LogP contribution in [-0.4, -0.2) is 149 Å². The Hall–Kier alpha value is -2.27. The van der Waals surface area contributed by atoms with Crippen LogP contribution in [0.1, 0.15) is 12.8 Å². The zero-order valence-corrected chi connectivity index (χ0v) is 31.3. The summed E-state index contributed by atoms with van der Waals surface area (Å²) >= 11 is 0. The van der Waals surface area contributed by atoms with E-state index < -0.39 is 159 Å². The van der Waals surface area contributed by atoms with Crippen LogP contribution >= 0.6 is 0 Å². The van der Waals surface area contributed by atoms with Gasteiger partial charge in [-0.3, -0.25) is 14.4 Å². The van der Waals surface area contributed by atoms with Crippen LogP contribution in [0.25, 0.3) is 0 Å². The Morgan fingerprint density at radius 2 is 0.661 bits per heavy atom. The Kier molecular flexibility index (Phi) is 20.7. The molecule has 0 aromatic carbocycles. The molecule has 0 N–H and O–H groups in total.